The van der Waals surface area contributed by atoms with Crippen molar-refractivity contribution in [2.75, 3.05) is 6.26 Å². The molecule has 108 valence electrons. The second kappa shape index (κ2) is 4.64. The number of carbonyl (C=O) groups is 1. The Labute approximate surface area is 123 Å². The van der Waals surface area contributed by atoms with Crippen LogP contribution in [0.2, 0.25) is 0 Å². The molecule has 0 aliphatic heterocycles. The van der Waals surface area contributed by atoms with Gasteiger partial charge in [-0.25, -0.2) is 8.42 Å². The molecule has 0 atom stereocenters. The van der Waals surface area contributed by atoms with Crippen molar-refractivity contribution in [3.8, 4) is 10.6 Å². The molecule has 0 N–H and O–H groups in total. The minimum atomic E-state index is -3.38. The van der Waals surface area contributed by atoms with Crippen molar-refractivity contribution >= 4 is 38.2 Å². The fraction of sp³-hybridized carbons (Fsp3) is 0.0833. The number of nitrogens with zero attached hydrogens (tertiary/aromatic N) is 3. The van der Waals surface area contributed by atoms with Gasteiger partial charge in [-0.1, -0.05) is 11.3 Å². The lowest BCUT2D eigenvalue weighted by Gasteiger charge is -2.05. The van der Waals surface area contributed by atoms with E-state index >= 15 is 0 Å². The SMILES string of the molecule is CS(=O)(=O)c1nnc(-c2ccc3c(ccn3C(=O)[O-])c2)s1. The smallest absolute Gasteiger partial charge is 0.232 e. The standard InChI is InChI=1S/C12H9N3O4S2/c1-21(18,19)11-14-13-10(20-11)8-2-3-9-7(6-8)4-5-15(9)12(16)17/h2-6H,1H3,(H,16,17)/p-1. The second-order valence-electron chi connectivity index (χ2n) is 4.37. The molecule has 0 bridgehead atoms. The first-order valence-electron chi connectivity index (χ1n) is 5.72. The normalized spacial score (nSPS) is 11.9. The highest BCUT2D eigenvalue weighted by molar-refractivity contribution is 7.92. The van der Waals surface area contributed by atoms with Gasteiger partial charge in [0.2, 0.25) is 14.2 Å². The summed E-state index contributed by atoms with van der Waals surface area (Å²) in [7, 11) is -3.38. The van der Waals surface area contributed by atoms with Crippen LogP contribution in [0.15, 0.2) is 34.8 Å². The molecule has 21 heavy (non-hydrogen) atoms. The molecule has 7 nitrogen and oxygen atoms in total. The number of benzene rings is 1. The average Bonchev–Trinajstić information content (AvgIpc) is 3.04. The molecular formula is C12H8N3O4S2-. The molecule has 0 amide bonds. The summed E-state index contributed by atoms with van der Waals surface area (Å²) in [5, 5.41) is 19.6. The summed E-state index contributed by atoms with van der Waals surface area (Å²) >= 11 is 0.969. The van der Waals surface area contributed by atoms with Crippen molar-refractivity contribution in [1.82, 2.24) is 14.8 Å². The maximum Gasteiger partial charge on any atom is 0.232 e. The first-order valence-corrected chi connectivity index (χ1v) is 8.43. The highest BCUT2D eigenvalue weighted by Gasteiger charge is 2.15. The second-order valence-corrected chi connectivity index (χ2v) is 7.54. The van der Waals surface area contributed by atoms with Gasteiger partial charge in [0.25, 0.3) is 0 Å². The molecule has 2 heterocycles. The molecule has 1 aromatic carbocycles. The van der Waals surface area contributed by atoms with Gasteiger partial charge in [-0.15, -0.1) is 10.2 Å². The van der Waals surface area contributed by atoms with Gasteiger partial charge in [0, 0.05) is 23.4 Å². The van der Waals surface area contributed by atoms with Crippen LogP contribution in [0.5, 0.6) is 0 Å². The van der Waals surface area contributed by atoms with Crippen LogP contribution < -0.4 is 5.11 Å². The predicted octanol–water partition coefficient (Wildman–Crippen LogP) is 0.755. The summed E-state index contributed by atoms with van der Waals surface area (Å²) in [6.07, 6.45) is 1.15. The molecule has 3 aromatic rings. The van der Waals surface area contributed by atoms with Crippen LogP contribution in [0, 0.1) is 0 Å². The van der Waals surface area contributed by atoms with Crippen molar-refractivity contribution in [2.45, 2.75) is 4.34 Å². The predicted molar refractivity (Wildman–Crippen MR) is 74.7 cm³/mol. The molecule has 3 rings (SSSR count). The van der Waals surface area contributed by atoms with Gasteiger partial charge in [-0.05, 0) is 24.3 Å². The average molecular weight is 322 g/mol. The Kier molecular flexibility index (Phi) is 3.03. The summed E-state index contributed by atoms with van der Waals surface area (Å²) < 4.78 is 23.8. The highest BCUT2D eigenvalue weighted by Crippen LogP contribution is 2.28. The van der Waals surface area contributed by atoms with Crippen molar-refractivity contribution in [2.24, 2.45) is 0 Å². The molecule has 0 spiro atoms. The molecule has 0 aliphatic rings. The van der Waals surface area contributed by atoms with Crippen LogP contribution in [-0.2, 0) is 9.84 Å². The quantitative estimate of drug-likeness (QED) is 0.689. The molecule has 0 radical (unpaired) electrons. The maximum absolute atomic E-state index is 11.4. The minimum absolute atomic E-state index is 0.0510. The lowest BCUT2D eigenvalue weighted by molar-refractivity contribution is -0.249. The Morgan fingerprint density at radius 1 is 1.29 bits per heavy atom. The van der Waals surface area contributed by atoms with Crippen LogP contribution in [0.4, 0.5) is 4.79 Å². The summed E-state index contributed by atoms with van der Waals surface area (Å²) in [5.74, 6) is 0. The number of fused-ring (bicyclic) bond motifs is 1. The minimum Gasteiger partial charge on any atom is -0.529 e. The van der Waals surface area contributed by atoms with Crippen LogP contribution in [-0.4, -0.2) is 35.5 Å². The Morgan fingerprint density at radius 3 is 2.67 bits per heavy atom. The summed E-state index contributed by atoms with van der Waals surface area (Å²) in [5.41, 5.74) is 1.16. The summed E-state index contributed by atoms with van der Waals surface area (Å²) in [6.45, 7) is 0. The van der Waals surface area contributed by atoms with Crippen molar-refractivity contribution in [3.05, 3.63) is 30.5 Å². The number of aromatic nitrogens is 3. The molecule has 2 aromatic heterocycles. The fourth-order valence-corrected chi connectivity index (χ4v) is 3.52. The topological polar surface area (TPSA) is 105 Å². The van der Waals surface area contributed by atoms with E-state index < -0.39 is 15.9 Å². The maximum atomic E-state index is 11.4. The molecule has 9 heteroatoms. The number of sulfone groups is 1. The van der Waals surface area contributed by atoms with Crippen LogP contribution in [0.1, 0.15) is 0 Å². The number of rotatable bonds is 2. The molecule has 0 aliphatic carbocycles. The van der Waals surface area contributed by atoms with E-state index in [9.17, 15) is 18.3 Å². The zero-order valence-corrected chi connectivity index (χ0v) is 12.3. The summed E-state index contributed by atoms with van der Waals surface area (Å²) in [4.78, 5) is 10.9. The van der Waals surface area contributed by atoms with E-state index in [2.05, 4.69) is 10.2 Å². The van der Waals surface area contributed by atoms with Gasteiger partial charge >= 0.3 is 0 Å². The Balaban J connectivity index is 2.10. The van der Waals surface area contributed by atoms with Gasteiger partial charge in [0.15, 0.2) is 0 Å². The lowest BCUT2D eigenvalue weighted by Crippen LogP contribution is -2.27. The molecule has 0 unspecified atom stereocenters. The van der Waals surface area contributed by atoms with E-state index in [-0.39, 0.29) is 4.34 Å². The zero-order chi connectivity index (χ0) is 15.2. The third-order valence-corrected chi connectivity index (χ3v) is 5.50. The van der Waals surface area contributed by atoms with Gasteiger partial charge in [0.05, 0.1) is 5.52 Å². The largest absolute Gasteiger partial charge is 0.529 e. The third kappa shape index (κ3) is 2.41. The lowest BCUT2D eigenvalue weighted by atomic mass is 10.2. The first-order chi connectivity index (χ1) is 9.86. The highest BCUT2D eigenvalue weighted by atomic mass is 32.2. The Hall–Kier alpha value is -2.26. The molecule has 0 saturated heterocycles. The van der Waals surface area contributed by atoms with E-state index in [1.807, 2.05) is 0 Å². The Morgan fingerprint density at radius 2 is 2.05 bits per heavy atom. The van der Waals surface area contributed by atoms with Crippen molar-refractivity contribution < 1.29 is 18.3 Å². The molecule has 0 fully saturated rings. The monoisotopic (exact) mass is 322 g/mol. The van der Waals surface area contributed by atoms with Crippen molar-refractivity contribution in [3.63, 3.8) is 0 Å². The van der Waals surface area contributed by atoms with Gasteiger partial charge in [-0.3, -0.25) is 0 Å². The van der Waals surface area contributed by atoms with E-state index in [4.69, 9.17) is 0 Å². The Bertz CT molecular complexity index is 956. The van der Waals surface area contributed by atoms with Gasteiger partial charge < -0.3 is 14.5 Å². The third-order valence-electron chi connectivity index (χ3n) is 2.86. The number of carbonyl (C=O) groups excluding carboxylic acids is 1. The van der Waals surface area contributed by atoms with Gasteiger partial charge in [0.1, 0.15) is 11.1 Å². The van der Waals surface area contributed by atoms with Gasteiger partial charge in [-0.2, -0.15) is 0 Å². The number of carboxylic acid groups (broad SMARTS) is 1. The van der Waals surface area contributed by atoms with Crippen LogP contribution >= 0.6 is 11.3 Å². The molecule has 0 saturated carbocycles. The van der Waals surface area contributed by atoms with Crippen LogP contribution in [0.3, 0.4) is 0 Å². The zero-order valence-electron chi connectivity index (χ0n) is 10.7. The number of hydrogen-bond donors (Lipinski definition) is 0. The van der Waals surface area contributed by atoms with E-state index in [1.165, 1.54) is 6.20 Å². The molecular weight excluding hydrogens is 314 g/mol. The van der Waals surface area contributed by atoms with E-state index in [1.54, 1.807) is 24.3 Å². The fourth-order valence-electron chi connectivity index (χ4n) is 1.91. The van der Waals surface area contributed by atoms with Crippen LogP contribution in [0.25, 0.3) is 21.5 Å². The van der Waals surface area contributed by atoms with Crippen molar-refractivity contribution in [1.29, 1.82) is 0 Å². The van der Waals surface area contributed by atoms with E-state index in [0.29, 0.717) is 21.5 Å². The van der Waals surface area contributed by atoms with E-state index in [0.717, 1.165) is 22.2 Å². The first kappa shape index (κ1) is 13.7. The number of hydrogen-bond acceptors (Lipinski definition) is 7. The summed E-state index contributed by atoms with van der Waals surface area (Å²) in [6, 6.07) is 6.63.